The molecule has 100 valence electrons. The van der Waals surface area contributed by atoms with E-state index in [0.29, 0.717) is 16.7 Å². The van der Waals surface area contributed by atoms with Crippen LogP contribution in [0.3, 0.4) is 0 Å². The molecule has 1 amide bonds. The molecule has 0 bridgehead atoms. The van der Waals surface area contributed by atoms with E-state index in [1.807, 2.05) is 0 Å². The molecule has 0 radical (unpaired) electrons. The first-order chi connectivity index (χ1) is 9.63. The van der Waals surface area contributed by atoms with Crippen molar-refractivity contribution in [2.45, 2.75) is 0 Å². The largest absolute Gasteiger partial charge is 0.319 e. The molecule has 0 saturated heterocycles. The number of anilines is 1. The molecule has 3 rings (SSSR count). The number of carbonyl (C=O) groups is 1. The Hall–Kier alpha value is -3.23. The highest BCUT2D eigenvalue weighted by Crippen LogP contribution is 2.14. The minimum atomic E-state index is -0.754. The van der Waals surface area contributed by atoms with Gasteiger partial charge in [0, 0.05) is 5.69 Å². The zero-order chi connectivity index (χ0) is 14.1. The zero-order valence-electron chi connectivity index (χ0n) is 9.93. The van der Waals surface area contributed by atoms with Gasteiger partial charge >= 0.3 is 11.1 Å². The lowest BCUT2D eigenvalue weighted by Crippen LogP contribution is -2.28. The minimum absolute atomic E-state index is 0.0695. The van der Waals surface area contributed by atoms with Crippen molar-refractivity contribution < 1.29 is 4.79 Å². The first-order valence-electron chi connectivity index (χ1n) is 5.56. The third-order valence-electron chi connectivity index (χ3n) is 2.61. The number of nitrogens with zero attached hydrogens (tertiary/aromatic N) is 2. The van der Waals surface area contributed by atoms with Crippen LogP contribution in [0.15, 0.2) is 34.1 Å². The van der Waals surface area contributed by atoms with Gasteiger partial charge in [-0.1, -0.05) is 0 Å². The molecule has 0 saturated carbocycles. The number of nitrogens with one attached hydrogen (secondary N) is 4. The number of amides is 1. The first-order valence-corrected chi connectivity index (χ1v) is 5.56. The fraction of sp³-hybridized carbons (Fsp3) is 0. The predicted octanol–water partition coefficient (Wildman–Crippen LogP) is -0.413. The van der Waals surface area contributed by atoms with Crippen molar-refractivity contribution in [2.24, 2.45) is 0 Å². The second-order valence-electron chi connectivity index (χ2n) is 3.96. The molecule has 3 aromatic rings. The summed E-state index contributed by atoms with van der Waals surface area (Å²) < 4.78 is 0. The fourth-order valence-corrected chi connectivity index (χ4v) is 1.70. The summed E-state index contributed by atoms with van der Waals surface area (Å²) in [6.45, 7) is 0. The molecular weight excluding hydrogens is 264 g/mol. The van der Waals surface area contributed by atoms with Gasteiger partial charge in [-0.2, -0.15) is 5.10 Å². The Morgan fingerprint density at radius 1 is 1.10 bits per heavy atom. The van der Waals surface area contributed by atoms with Crippen LogP contribution in [0.4, 0.5) is 5.69 Å². The maximum atomic E-state index is 11.8. The highest BCUT2D eigenvalue weighted by Gasteiger charge is 2.09. The predicted molar refractivity (Wildman–Crippen MR) is 69.5 cm³/mol. The molecule has 4 N–H and O–H groups in total. The van der Waals surface area contributed by atoms with Gasteiger partial charge in [-0.3, -0.25) is 19.5 Å². The van der Waals surface area contributed by atoms with Crippen LogP contribution in [0, 0.1) is 0 Å². The van der Waals surface area contributed by atoms with Crippen molar-refractivity contribution in [2.75, 3.05) is 5.32 Å². The lowest BCUT2D eigenvalue weighted by Gasteiger charge is -2.04. The molecule has 0 aliphatic rings. The summed E-state index contributed by atoms with van der Waals surface area (Å²) in [5.74, 6) is -0.395. The van der Waals surface area contributed by atoms with Gasteiger partial charge in [0.15, 0.2) is 0 Å². The highest BCUT2D eigenvalue weighted by molar-refractivity contribution is 6.02. The molecule has 0 atom stereocenters. The van der Waals surface area contributed by atoms with E-state index in [1.54, 1.807) is 12.1 Å². The van der Waals surface area contributed by atoms with E-state index in [0.717, 1.165) is 0 Å². The summed E-state index contributed by atoms with van der Waals surface area (Å²) >= 11 is 0. The molecule has 0 aliphatic heterocycles. The molecule has 20 heavy (non-hydrogen) atoms. The minimum Gasteiger partial charge on any atom is -0.319 e. The first kappa shape index (κ1) is 11.8. The van der Waals surface area contributed by atoms with Crippen molar-refractivity contribution in [1.82, 2.24) is 25.1 Å². The van der Waals surface area contributed by atoms with Gasteiger partial charge in [-0.15, -0.1) is 0 Å². The smallest absolute Gasteiger partial charge is 0.314 e. The number of aromatic amines is 3. The van der Waals surface area contributed by atoms with Crippen LogP contribution in [0.25, 0.3) is 11.0 Å². The van der Waals surface area contributed by atoms with Crippen molar-refractivity contribution in [3.63, 3.8) is 0 Å². The number of aromatic nitrogens is 5. The lowest BCUT2D eigenvalue weighted by molar-refractivity contribution is 0.101. The Balaban J connectivity index is 1.97. The van der Waals surface area contributed by atoms with Crippen LogP contribution in [0.2, 0.25) is 0 Å². The van der Waals surface area contributed by atoms with Gasteiger partial charge in [0.25, 0.3) is 5.91 Å². The molecular formula is C11H8N6O3. The Bertz CT molecular complexity index is 892. The van der Waals surface area contributed by atoms with Crippen molar-refractivity contribution in [3.05, 3.63) is 51.1 Å². The molecule has 1 aromatic carbocycles. The second kappa shape index (κ2) is 4.46. The molecule has 2 heterocycles. The van der Waals surface area contributed by atoms with Gasteiger partial charge in [0.1, 0.15) is 6.33 Å². The number of benzene rings is 1. The van der Waals surface area contributed by atoms with E-state index in [9.17, 15) is 14.4 Å². The summed E-state index contributed by atoms with van der Waals surface area (Å²) in [7, 11) is 0. The summed E-state index contributed by atoms with van der Waals surface area (Å²) in [6.07, 6.45) is 1.22. The SMILES string of the molecule is O=C(Nc1ccc2[nH]c(=O)c(=O)[nH]c2c1)c1ncn[nH]1. The lowest BCUT2D eigenvalue weighted by atomic mass is 10.2. The van der Waals surface area contributed by atoms with Gasteiger partial charge < -0.3 is 15.3 Å². The number of fused-ring (bicyclic) bond motifs is 1. The van der Waals surface area contributed by atoms with E-state index >= 15 is 0 Å². The van der Waals surface area contributed by atoms with E-state index in [1.165, 1.54) is 12.4 Å². The van der Waals surface area contributed by atoms with E-state index in [-0.39, 0.29) is 5.82 Å². The van der Waals surface area contributed by atoms with E-state index in [2.05, 4.69) is 30.5 Å². The van der Waals surface area contributed by atoms with Crippen LogP contribution >= 0.6 is 0 Å². The van der Waals surface area contributed by atoms with Gasteiger partial charge in [-0.25, -0.2) is 4.98 Å². The monoisotopic (exact) mass is 272 g/mol. The maximum Gasteiger partial charge on any atom is 0.314 e. The van der Waals surface area contributed by atoms with Gasteiger partial charge in [0.2, 0.25) is 5.82 Å². The van der Waals surface area contributed by atoms with Crippen molar-refractivity contribution >= 4 is 22.6 Å². The quantitative estimate of drug-likeness (QED) is 0.470. The number of carbonyl (C=O) groups excluding carboxylic acids is 1. The topological polar surface area (TPSA) is 136 Å². The zero-order valence-corrected chi connectivity index (χ0v) is 9.93. The van der Waals surface area contributed by atoms with Crippen LogP contribution in [-0.4, -0.2) is 31.1 Å². The Kier molecular flexibility index (Phi) is 2.64. The van der Waals surface area contributed by atoms with Gasteiger partial charge in [0.05, 0.1) is 11.0 Å². The maximum absolute atomic E-state index is 11.8. The summed E-state index contributed by atoms with van der Waals surface area (Å²) in [4.78, 5) is 42.7. The molecule has 0 aliphatic carbocycles. The highest BCUT2D eigenvalue weighted by atomic mass is 16.2. The van der Waals surface area contributed by atoms with Crippen LogP contribution in [-0.2, 0) is 0 Å². The molecule has 0 fully saturated rings. The average molecular weight is 272 g/mol. The Labute approximate surface area is 110 Å². The van der Waals surface area contributed by atoms with E-state index in [4.69, 9.17) is 0 Å². The van der Waals surface area contributed by atoms with Crippen molar-refractivity contribution in [1.29, 1.82) is 0 Å². The number of H-pyrrole nitrogens is 3. The standard InChI is InChI=1S/C11H8N6O3/c18-9(8-12-4-13-17-8)14-5-1-2-6-7(3-5)16-11(20)10(19)15-6/h1-4H,(H,14,18)(H,15,19)(H,16,20)(H,12,13,17). The molecule has 0 unspecified atom stereocenters. The number of hydrogen-bond donors (Lipinski definition) is 4. The van der Waals surface area contributed by atoms with Crippen LogP contribution in [0.1, 0.15) is 10.6 Å². The molecule has 9 nitrogen and oxygen atoms in total. The van der Waals surface area contributed by atoms with Crippen LogP contribution < -0.4 is 16.4 Å². The number of rotatable bonds is 2. The molecule has 0 spiro atoms. The number of hydrogen-bond acceptors (Lipinski definition) is 5. The molecule has 9 heteroatoms. The van der Waals surface area contributed by atoms with Crippen molar-refractivity contribution in [3.8, 4) is 0 Å². The third kappa shape index (κ3) is 2.07. The second-order valence-corrected chi connectivity index (χ2v) is 3.96. The summed E-state index contributed by atoms with van der Waals surface area (Å²) in [6, 6.07) is 4.69. The Morgan fingerprint density at radius 3 is 2.55 bits per heavy atom. The third-order valence-corrected chi connectivity index (χ3v) is 2.61. The summed E-state index contributed by atoms with van der Waals surface area (Å²) in [5, 5.41) is 8.59. The summed E-state index contributed by atoms with van der Waals surface area (Å²) in [5.41, 5.74) is -0.161. The van der Waals surface area contributed by atoms with E-state index < -0.39 is 17.0 Å². The Morgan fingerprint density at radius 2 is 1.85 bits per heavy atom. The normalized spacial score (nSPS) is 10.6. The fourth-order valence-electron chi connectivity index (χ4n) is 1.70. The van der Waals surface area contributed by atoms with Crippen LogP contribution in [0.5, 0.6) is 0 Å². The average Bonchev–Trinajstić information content (AvgIpc) is 2.94. The van der Waals surface area contributed by atoms with Gasteiger partial charge in [-0.05, 0) is 18.2 Å². The molecule has 2 aromatic heterocycles.